The van der Waals surface area contributed by atoms with Gasteiger partial charge in [0.25, 0.3) is 15.9 Å². The molecule has 184 valence electrons. The number of carbonyl (C=O) groups excluding carboxylic acids is 1. The minimum Gasteiger partial charge on any atom is -0.495 e. The van der Waals surface area contributed by atoms with Crippen molar-refractivity contribution in [1.82, 2.24) is 4.57 Å². The fourth-order valence-corrected chi connectivity index (χ4v) is 5.66. The van der Waals surface area contributed by atoms with Gasteiger partial charge in [-0.15, -0.1) is 6.42 Å². The Kier molecular flexibility index (Phi) is 7.10. The molecular weight excluding hydrogens is 505 g/mol. The highest BCUT2D eigenvalue weighted by Crippen LogP contribution is 2.35. The number of fused-ring (bicyclic) bond motifs is 1. The number of rotatable bonds is 7. The maximum absolute atomic E-state index is 13.2. The lowest BCUT2D eigenvalue weighted by Crippen LogP contribution is -2.17. The molecule has 4 aromatic rings. The van der Waals surface area contributed by atoms with Gasteiger partial charge in [-0.1, -0.05) is 23.3 Å². The van der Waals surface area contributed by atoms with Gasteiger partial charge in [0.05, 0.1) is 25.7 Å². The highest BCUT2D eigenvalue weighted by Gasteiger charge is 2.18. The van der Waals surface area contributed by atoms with E-state index in [1.165, 1.54) is 49.8 Å². The maximum atomic E-state index is 13.2. The van der Waals surface area contributed by atoms with Crippen molar-refractivity contribution in [3.05, 3.63) is 76.8 Å². The molecule has 0 saturated carbocycles. The first-order valence-electron chi connectivity index (χ1n) is 10.4. The number of halogens is 1. The number of methoxy groups -OCH3 is 2. The van der Waals surface area contributed by atoms with E-state index in [1.54, 1.807) is 16.7 Å². The molecule has 11 heteroatoms. The first-order chi connectivity index (χ1) is 17.3. The number of terminal acetylenes is 1. The Morgan fingerprint density at radius 1 is 1.11 bits per heavy atom. The van der Waals surface area contributed by atoms with Gasteiger partial charge < -0.3 is 14.0 Å². The highest BCUT2D eigenvalue weighted by atomic mass is 32.2. The zero-order valence-electron chi connectivity index (χ0n) is 19.2. The van der Waals surface area contributed by atoms with Crippen molar-refractivity contribution in [2.75, 3.05) is 18.9 Å². The SMILES string of the molecule is C#CCn1c(=NC(=O)c2cccc(NS(=O)(=O)c3ccc(F)cc3)c2)sc2c(OC)ccc(OC)c21. The minimum atomic E-state index is -3.99. The number of hydrogen-bond donors (Lipinski definition) is 1. The van der Waals surface area contributed by atoms with Crippen LogP contribution in [0.3, 0.4) is 0 Å². The largest absolute Gasteiger partial charge is 0.495 e. The summed E-state index contributed by atoms with van der Waals surface area (Å²) < 4.78 is 54.1. The van der Waals surface area contributed by atoms with Gasteiger partial charge >= 0.3 is 0 Å². The Morgan fingerprint density at radius 2 is 1.81 bits per heavy atom. The summed E-state index contributed by atoms with van der Waals surface area (Å²) in [5.41, 5.74) is 0.946. The number of ether oxygens (including phenoxy) is 2. The Balaban J connectivity index is 1.74. The molecule has 1 amide bonds. The van der Waals surface area contributed by atoms with E-state index in [0.29, 0.717) is 26.5 Å². The molecule has 0 aliphatic rings. The van der Waals surface area contributed by atoms with E-state index in [4.69, 9.17) is 15.9 Å². The number of benzene rings is 3. The average molecular weight is 526 g/mol. The van der Waals surface area contributed by atoms with Crippen molar-refractivity contribution in [3.8, 4) is 23.8 Å². The molecule has 0 spiro atoms. The predicted octanol–water partition coefficient (Wildman–Crippen LogP) is 4.03. The number of nitrogens with one attached hydrogen (secondary N) is 1. The minimum absolute atomic E-state index is 0.117. The van der Waals surface area contributed by atoms with E-state index >= 15 is 0 Å². The Hall–Kier alpha value is -4.14. The van der Waals surface area contributed by atoms with Crippen molar-refractivity contribution in [2.45, 2.75) is 11.4 Å². The second-order valence-electron chi connectivity index (χ2n) is 7.38. The second-order valence-corrected chi connectivity index (χ2v) is 10.0. The smallest absolute Gasteiger partial charge is 0.279 e. The van der Waals surface area contributed by atoms with Gasteiger partial charge in [0.1, 0.15) is 27.5 Å². The Labute approximate surface area is 210 Å². The van der Waals surface area contributed by atoms with E-state index in [9.17, 15) is 17.6 Å². The number of sulfonamides is 1. The molecule has 0 atom stereocenters. The fourth-order valence-electron chi connectivity index (χ4n) is 3.47. The standard InChI is InChI=1S/C25H20FN3O5S2/c1-4-14-29-22-20(33-2)12-13-21(34-3)23(22)35-25(29)27-24(30)16-6-5-7-18(15-16)28-36(31,32)19-10-8-17(26)9-11-19/h1,5-13,15,28H,14H2,2-3H3. The summed E-state index contributed by atoms with van der Waals surface area (Å²) in [5.74, 6) is 2.52. The van der Waals surface area contributed by atoms with Crippen LogP contribution in [0, 0.1) is 18.2 Å². The van der Waals surface area contributed by atoms with Crippen molar-refractivity contribution >= 4 is 43.2 Å². The van der Waals surface area contributed by atoms with Crippen molar-refractivity contribution in [3.63, 3.8) is 0 Å². The Morgan fingerprint density at radius 3 is 2.47 bits per heavy atom. The number of thiazole rings is 1. The van der Waals surface area contributed by atoms with E-state index in [1.807, 2.05) is 0 Å². The van der Waals surface area contributed by atoms with Gasteiger partial charge in [-0.3, -0.25) is 9.52 Å². The number of aromatic nitrogens is 1. The molecule has 8 nitrogen and oxygen atoms in total. The fraction of sp³-hybridized carbons (Fsp3) is 0.120. The Bertz CT molecular complexity index is 1670. The zero-order chi connectivity index (χ0) is 25.9. The quantitative estimate of drug-likeness (QED) is 0.367. The molecule has 4 rings (SSSR count). The van der Waals surface area contributed by atoms with Crippen LogP contribution in [-0.2, 0) is 16.6 Å². The molecule has 3 aromatic carbocycles. The first-order valence-corrected chi connectivity index (χ1v) is 12.7. The van der Waals surface area contributed by atoms with Crippen molar-refractivity contribution in [2.24, 2.45) is 4.99 Å². The number of hydrogen-bond acceptors (Lipinski definition) is 6. The van der Waals surface area contributed by atoms with Crippen LogP contribution in [0.5, 0.6) is 11.5 Å². The molecule has 0 saturated heterocycles. The first kappa shape index (κ1) is 25.0. The van der Waals surface area contributed by atoms with Crippen LogP contribution in [0.2, 0.25) is 0 Å². The molecule has 0 radical (unpaired) electrons. The van der Waals surface area contributed by atoms with E-state index in [-0.39, 0.29) is 22.7 Å². The predicted molar refractivity (Wildman–Crippen MR) is 135 cm³/mol. The average Bonchev–Trinajstić information content (AvgIpc) is 3.21. The van der Waals surface area contributed by atoms with Crippen LogP contribution in [0.1, 0.15) is 10.4 Å². The van der Waals surface area contributed by atoms with Crippen LogP contribution in [-0.4, -0.2) is 33.1 Å². The van der Waals surface area contributed by atoms with Gasteiger partial charge in [0.15, 0.2) is 4.80 Å². The third-order valence-corrected chi connectivity index (χ3v) is 7.61. The van der Waals surface area contributed by atoms with E-state index in [0.717, 1.165) is 24.3 Å². The summed E-state index contributed by atoms with van der Waals surface area (Å²) >= 11 is 1.21. The molecule has 0 bridgehead atoms. The van der Waals surface area contributed by atoms with Crippen LogP contribution < -0.4 is 19.0 Å². The second kappa shape index (κ2) is 10.2. The topological polar surface area (TPSA) is 99.0 Å². The summed E-state index contributed by atoms with van der Waals surface area (Å²) in [4.78, 5) is 17.5. The van der Waals surface area contributed by atoms with Gasteiger partial charge in [0, 0.05) is 11.3 Å². The van der Waals surface area contributed by atoms with Crippen LogP contribution in [0.4, 0.5) is 10.1 Å². The van der Waals surface area contributed by atoms with Crippen molar-refractivity contribution < 1.29 is 27.1 Å². The molecule has 0 aliphatic heterocycles. The summed E-state index contributed by atoms with van der Waals surface area (Å²) in [5, 5.41) is 0. The lowest BCUT2D eigenvalue weighted by Gasteiger charge is -2.09. The lowest BCUT2D eigenvalue weighted by molar-refractivity contribution is 0.0998. The zero-order valence-corrected chi connectivity index (χ0v) is 20.8. The number of amides is 1. The molecule has 1 N–H and O–H groups in total. The van der Waals surface area contributed by atoms with Crippen LogP contribution in [0.25, 0.3) is 10.2 Å². The summed E-state index contributed by atoms with van der Waals surface area (Å²) in [7, 11) is -0.927. The van der Waals surface area contributed by atoms with Crippen molar-refractivity contribution in [1.29, 1.82) is 0 Å². The summed E-state index contributed by atoms with van der Waals surface area (Å²) in [6, 6.07) is 13.8. The van der Waals surface area contributed by atoms with Gasteiger partial charge in [-0.2, -0.15) is 4.99 Å². The normalized spacial score (nSPS) is 11.8. The molecule has 0 aliphatic carbocycles. The highest BCUT2D eigenvalue weighted by molar-refractivity contribution is 7.92. The van der Waals surface area contributed by atoms with E-state index < -0.39 is 21.7 Å². The van der Waals surface area contributed by atoms with Gasteiger partial charge in [-0.25, -0.2) is 12.8 Å². The van der Waals surface area contributed by atoms with Gasteiger partial charge in [-0.05, 0) is 54.6 Å². The molecule has 1 heterocycles. The molecule has 0 unspecified atom stereocenters. The maximum Gasteiger partial charge on any atom is 0.279 e. The number of anilines is 1. The number of nitrogens with zero attached hydrogens (tertiary/aromatic N) is 2. The summed E-state index contributed by atoms with van der Waals surface area (Å²) in [6.07, 6.45) is 5.57. The van der Waals surface area contributed by atoms with Crippen LogP contribution in [0.15, 0.2) is 70.6 Å². The van der Waals surface area contributed by atoms with Gasteiger partial charge in [0.2, 0.25) is 0 Å². The monoisotopic (exact) mass is 525 g/mol. The molecule has 0 fully saturated rings. The molecule has 36 heavy (non-hydrogen) atoms. The van der Waals surface area contributed by atoms with Crippen LogP contribution >= 0.6 is 11.3 Å². The number of carbonyl (C=O) groups is 1. The molecule has 1 aromatic heterocycles. The lowest BCUT2D eigenvalue weighted by atomic mass is 10.2. The summed E-state index contributed by atoms with van der Waals surface area (Å²) in [6.45, 7) is 0.132. The van der Waals surface area contributed by atoms with E-state index in [2.05, 4.69) is 15.6 Å². The molecular formula is C25H20FN3O5S2. The third-order valence-electron chi connectivity index (χ3n) is 5.12. The third kappa shape index (κ3) is 4.95.